The van der Waals surface area contributed by atoms with Gasteiger partial charge in [-0.05, 0) is 65.9 Å². The quantitative estimate of drug-likeness (QED) is 0.0769. The van der Waals surface area contributed by atoms with Crippen LogP contribution < -0.4 is 14.2 Å². The number of hydrogen-bond donors (Lipinski definition) is 0. The number of benzene rings is 3. The Bertz CT molecular complexity index is 1220. The van der Waals surface area contributed by atoms with Crippen molar-refractivity contribution in [2.24, 2.45) is 5.92 Å². The lowest BCUT2D eigenvalue weighted by atomic mass is 10.1. The molecular formula is C33H38Cl2O5. The average Bonchev–Trinajstić information content (AvgIpc) is 2.95. The van der Waals surface area contributed by atoms with E-state index in [1.807, 2.05) is 38.1 Å². The summed E-state index contributed by atoms with van der Waals surface area (Å²) in [5.74, 6) is 0.420. The van der Waals surface area contributed by atoms with E-state index in [1.165, 1.54) is 32.1 Å². The molecule has 0 bridgehead atoms. The van der Waals surface area contributed by atoms with E-state index in [-0.39, 0.29) is 5.92 Å². The summed E-state index contributed by atoms with van der Waals surface area (Å²) in [7, 11) is 0. The molecule has 1 unspecified atom stereocenters. The van der Waals surface area contributed by atoms with Crippen LogP contribution in [-0.2, 0) is 4.79 Å². The number of hydrogen-bond acceptors (Lipinski definition) is 5. The fourth-order valence-electron chi connectivity index (χ4n) is 4.03. The number of alkyl halides is 1. The maximum Gasteiger partial charge on any atom is 0.343 e. The van der Waals surface area contributed by atoms with Crippen LogP contribution in [0.3, 0.4) is 0 Å². The minimum Gasteiger partial charge on any atom is -0.492 e. The maximum atomic E-state index is 12.7. The largest absolute Gasteiger partial charge is 0.492 e. The van der Waals surface area contributed by atoms with Crippen molar-refractivity contribution in [3.05, 3.63) is 77.3 Å². The van der Waals surface area contributed by atoms with Gasteiger partial charge in [-0.2, -0.15) is 0 Å². The van der Waals surface area contributed by atoms with Gasteiger partial charge < -0.3 is 14.2 Å². The fourth-order valence-corrected chi connectivity index (χ4v) is 4.31. The van der Waals surface area contributed by atoms with Gasteiger partial charge in [0.25, 0.3) is 0 Å². The lowest BCUT2D eigenvalue weighted by Gasteiger charge is -2.12. The zero-order valence-electron chi connectivity index (χ0n) is 23.5. The third-order valence-electron chi connectivity index (χ3n) is 6.45. The maximum absolute atomic E-state index is 12.7. The predicted octanol–water partition coefficient (Wildman–Crippen LogP) is 9.52. The van der Waals surface area contributed by atoms with Crippen LogP contribution in [0.1, 0.15) is 76.1 Å². The van der Waals surface area contributed by atoms with Crippen molar-refractivity contribution >= 4 is 35.1 Å². The topological polar surface area (TPSA) is 61.8 Å². The number of carbonyl (C=O) groups excluding carboxylic acids is 2. The van der Waals surface area contributed by atoms with E-state index in [4.69, 9.17) is 37.4 Å². The van der Waals surface area contributed by atoms with Crippen molar-refractivity contribution in [2.45, 2.75) is 71.1 Å². The zero-order valence-corrected chi connectivity index (χ0v) is 25.0. The van der Waals surface area contributed by atoms with Crippen molar-refractivity contribution in [3.63, 3.8) is 0 Å². The molecule has 0 aliphatic heterocycles. The van der Waals surface area contributed by atoms with Crippen LogP contribution in [0, 0.1) is 5.92 Å². The highest BCUT2D eigenvalue weighted by molar-refractivity contribution is 6.32. The number of rotatable bonds is 15. The number of esters is 2. The van der Waals surface area contributed by atoms with Gasteiger partial charge in [-0.15, -0.1) is 11.6 Å². The first-order chi connectivity index (χ1) is 19.3. The van der Waals surface area contributed by atoms with Gasteiger partial charge in [-0.25, -0.2) is 4.79 Å². The Labute approximate surface area is 247 Å². The van der Waals surface area contributed by atoms with Gasteiger partial charge in [0, 0.05) is 0 Å². The predicted molar refractivity (Wildman–Crippen MR) is 162 cm³/mol. The summed E-state index contributed by atoms with van der Waals surface area (Å²) >= 11 is 12.4. The number of unbranched alkanes of at least 4 members (excludes halogenated alkanes) is 6. The van der Waals surface area contributed by atoms with Crippen molar-refractivity contribution in [2.75, 3.05) is 6.61 Å². The molecule has 0 radical (unpaired) electrons. The van der Waals surface area contributed by atoms with Crippen molar-refractivity contribution in [3.8, 4) is 28.4 Å². The Morgan fingerprint density at radius 3 is 1.85 bits per heavy atom. The third kappa shape index (κ3) is 9.87. The van der Waals surface area contributed by atoms with Gasteiger partial charge in [0.05, 0.1) is 17.2 Å². The second kappa shape index (κ2) is 16.3. The van der Waals surface area contributed by atoms with E-state index < -0.39 is 17.3 Å². The summed E-state index contributed by atoms with van der Waals surface area (Å²) in [5.41, 5.74) is 2.18. The molecule has 1 atom stereocenters. The first kappa shape index (κ1) is 31.5. The van der Waals surface area contributed by atoms with E-state index in [0.29, 0.717) is 34.4 Å². The molecule has 0 aliphatic carbocycles. The molecule has 0 aromatic heterocycles. The smallest absolute Gasteiger partial charge is 0.343 e. The molecule has 0 heterocycles. The van der Waals surface area contributed by atoms with Crippen molar-refractivity contribution < 1.29 is 23.8 Å². The lowest BCUT2D eigenvalue weighted by Crippen LogP contribution is -2.25. The molecule has 0 saturated heterocycles. The summed E-state index contributed by atoms with van der Waals surface area (Å²) in [6.07, 6.45) is 8.47. The van der Waals surface area contributed by atoms with E-state index in [1.54, 1.807) is 42.5 Å². The highest BCUT2D eigenvalue weighted by Crippen LogP contribution is 2.28. The van der Waals surface area contributed by atoms with E-state index >= 15 is 0 Å². The molecule has 0 amide bonds. The van der Waals surface area contributed by atoms with E-state index in [9.17, 15) is 9.59 Å². The second-order valence-electron chi connectivity index (χ2n) is 10.1. The molecule has 3 aromatic rings. The average molecular weight is 586 g/mol. The van der Waals surface area contributed by atoms with Gasteiger partial charge in [0.1, 0.15) is 22.6 Å². The van der Waals surface area contributed by atoms with Crippen LogP contribution in [0.15, 0.2) is 66.7 Å². The van der Waals surface area contributed by atoms with Gasteiger partial charge in [-0.1, -0.05) is 95.2 Å². The molecule has 40 heavy (non-hydrogen) atoms. The summed E-state index contributed by atoms with van der Waals surface area (Å²) in [5, 5.41) is -0.315. The highest BCUT2D eigenvalue weighted by atomic mass is 35.5. The summed E-state index contributed by atoms with van der Waals surface area (Å²) in [4.78, 5) is 24.7. The van der Waals surface area contributed by atoms with Gasteiger partial charge >= 0.3 is 11.9 Å². The van der Waals surface area contributed by atoms with Gasteiger partial charge in [-0.3, -0.25) is 4.79 Å². The van der Waals surface area contributed by atoms with Gasteiger partial charge in [0.15, 0.2) is 0 Å². The standard InChI is InChI=1S/C33H38Cl2O5/c1-4-5-6-7-8-9-10-21-38-30-20-15-26(22-29(30)34)32(36)39-27-16-11-24(12-17-27)25-13-18-28(19-14-25)40-33(37)31(35)23(2)3/h11-20,22-23,31H,4-10,21H2,1-3H3. The number of carbonyl (C=O) groups is 2. The van der Waals surface area contributed by atoms with Crippen LogP contribution >= 0.6 is 23.2 Å². The third-order valence-corrected chi connectivity index (χ3v) is 7.43. The van der Waals surface area contributed by atoms with Crippen LogP contribution in [0.2, 0.25) is 5.02 Å². The van der Waals surface area contributed by atoms with Crippen molar-refractivity contribution in [1.29, 1.82) is 0 Å². The Morgan fingerprint density at radius 1 is 0.750 bits per heavy atom. The highest BCUT2D eigenvalue weighted by Gasteiger charge is 2.21. The molecule has 0 aliphatic rings. The van der Waals surface area contributed by atoms with Gasteiger partial charge in [0.2, 0.25) is 0 Å². The molecule has 7 heteroatoms. The van der Waals surface area contributed by atoms with Crippen LogP contribution in [0.5, 0.6) is 17.2 Å². The Balaban J connectivity index is 1.49. The number of ether oxygens (including phenoxy) is 3. The molecule has 0 spiro atoms. The monoisotopic (exact) mass is 584 g/mol. The molecule has 3 rings (SSSR count). The first-order valence-corrected chi connectivity index (χ1v) is 14.8. The minimum absolute atomic E-state index is 0.0176. The minimum atomic E-state index is -0.697. The number of halogens is 2. The normalized spacial score (nSPS) is 11.8. The van der Waals surface area contributed by atoms with Crippen LogP contribution in [0.25, 0.3) is 11.1 Å². The first-order valence-electron chi connectivity index (χ1n) is 14.0. The lowest BCUT2D eigenvalue weighted by molar-refractivity contribution is -0.134. The molecule has 214 valence electrons. The Hall–Kier alpha value is -3.02. The summed E-state index contributed by atoms with van der Waals surface area (Å²) in [6.45, 7) is 6.55. The van der Waals surface area contributed by atoms with Crippen LogP contribution in [-0.4, -0.2) is 23.9 Å². The molecular weight excluding hydrogens is 547 g/mol. The molecule has 0 N–H and O–H groups in total. The zero-order chi connectivity index (χ0) is 28.9. The Morgan fingerprint density at radius 2 is 1.30 bits per heavy atom. The molecule has 0 saturated carbocycles. The van der Waals surface area contributed by atoms with Crippen molar-refractivity contribution in [1.82, 2.24) is 0 Å². The molecule has 0 fully saturated rings. The second-order valence-corrected chi connectivity index (χ2v) is 11.0. The van der Waals surface area contributed by atoms with E-state index in [2.05, 4.69) is 6.92 Å². The fraction of sp³-hybridized carbons (Fsp3) is 0.394. The molecule has 5 nitrogen and oxygen atoms in total. The van der Waals surface area contributed by atoms with Crippen LogP contribution in [0.4, 0.5) is 0 Å². The summed E-state index contributed by atoms with van der Waals surface area (Å²) in [6, 6.07) is 19.2. The van der Waals surface area contributed by atoms with E-state index in [0.717, 1.165) is 24.0 Å². The summed E-state index contributed by atoms with van der Waals surface area (Å²) < 4.78 is 16.7. The molecule has 3 aromatic carbocycles. The SMILES string of the molecule is CCCCCCCCCOc1ccc(C(=O)Oc2ccc(-c3ccc(OC(=O)C(Cl)C(C)C)cc3)cc2)cc1Cl. The Kier molecular flexibility index (Phi) is 12.8.